The number of aryl methyl sites for hydroxylation is 1. The van der Waals surface area contributed by atoms with Gasteiger partial charge >= 0.3 is 0 Å². The second kappa shape index (κ2) is 7.45. The standard InChI is InChI=1S/C16H16ClN3O/c1-12-2-4-13(5-3-12)10-19-20-16(21)11-18-15-8-6-14(17)7-9-15/h2-10,18H,11H2,1H3,(H,20,21)/b19-10-. The van der Waals surface area contributed by atoms with E-state index in [9.17, 15) is 4.79 Å². The third-order valence-corrected chi connectivity index (χ3v) is 3.03. The van der Waals surface area contributed by atoms with Crippen LogP contribution in [0.5, 0.6) is 0 Å². The Morgan fingerprint density at radius 3 is 2.48 bits per heavy atom. The van der Waals surface area contributed by atoms with Gasteiger partial charge in [0.25, 0.3) is 5.91 Å². The summed E-state index contributed by atoms with van der Waals surface area (Å²) >= 11 is 5.78. The predicted octanol–water partition coefficient (Wildman–Crippen LogP) is 3.21. The molecule has 0 heterocycles. The molecule has 0 saturated carbocycles. The van der Waals surface area contributed by atoms with Crippen molar-refractivity contribution < 1.29 is 4.79 Å². The normalized spacial score (nSPS) is 10.6. The Labute approximate surface area is 128 Å². The molecule has 108 valence electrons. The summed E-state index contributed by atoms with van der Waals surface area (Å²) in [6.07, 6.45) is 1.61. The summed E-state index contributed by atoms with van der Waals surface area (Å²) in [5.41, 5.74) is 5.42. The second-order valence-electron chi connectivity index (χ2n) is 4.56. The monoisotopic (exact) mass is 301 g/mol. The largest absolute Gasteiger partial charge is 0.376 e. The molecule has 0 spiro atoms. The number of anilines is 1. The van der Waals surface area contributed by atoms with Crippen LogP contribution in [0.4, 0.5) is 5.69 Å². The van der Waals surface area contributed by atoms with E-state index in [2.05, 4.69) is 15.8 Å². The van der Waals surface area contributed by atoms with Gasteiger partial charge in [0, 0.05) is 10.7 Å². The lowest BCUT2D eigenvalue weighted by Gasteiger charge is -2.05. The van der Waals surface area contributed by atoms with Gasteiger partial charge in [0.2, 0.25) is 0 Å². The zero-order chi connectivity index (χ0) is 15.1. The minimum atomic E-state index is -0.215. The molecule has 0 radical (unpaired) electrons. The number of halogens is 1. The zero-order valence-electron chi connectivity index (χ0n) is 11.6. The second-order valence-corrected chi connectivity index (χ2v) is 5.00. The Morgan fingerprint density at radius 1 is 1.14 bits per heavy atom. The molecule has 2 aromatic rings. The highest BCUT2D eigenvalue weighted by molar-refractivity contribution is 6.30. The van der Waals surface area contributed by atoms with Gasteiger partial charge in [0.05, 0.1) is 12.8 Å². The van der Waals surface area contributed by atoms with Crippen molar-refractivity contribution in [2.75, 3.05) is 11.9 Å². The van der Waals surface area contributed by atoms with E-state index >= 15 is 0 Å². The molecule has 4 nitrogen and oxygen atoms in total. The van der Waals surface area contributed by atoms with Crippen molar-refractivity contribution in [1.29, 1.82) is 0 Å². The average molecular weight is 302 g/mol. The molecule has 0 aliphatic rings. The molecule has 21 heavy (non-hydrogen) atoms. The van der Waals surface area contributed by atoms with E-state index in [0.717, 1.165) is 11.3 Å². The van der Waals surface area contributed by atoms with Gasteiger partial charge in [0.15, 0.2) is 0 Å². The van der Waals surface area contributed by atoms with Crippen molar-refractivity contribution >= 4 is 29.4 Å². The minimum absolute atomic E-state index is 0.146. The summed E-state index contributed by atoms with van der Waals surface area (Å²) in [5, 5.41) is 7.56. The van der Waals surface area contributed by atoms with Crippen LogP contribution in [-0.4, -0.2) is 18.7 Å². The first-order valence-corrected chi connectivity index (χ1v) is 6.89. The van der Waals surface area contributed by atoms with Crippen LogP contribution in [0, 0.1) is 6.92 Å². The Morgan fingerprint density at radius 2 is 1.81 bits per heavy atom. The lowest BCUT2D eigenvalue weighted by Crippen LogP contribution is -2.25. The molecule has 2 aromatic carbocycles. The number of rotatable bonds is 5. The Bertz CT molecular complexity index is 621. The fraction of sp³-hybridized carbons (Fsp3) is 0.125. The molecule has 0 aromatic heterocycles. The SMILES string of the molecule is Cc1ccc(/C=N\NC(=O)CNc2ccc(Cl)cc2)cc1. The number of amides is 1. The van der Waals surface area contributed by atoms with Gasteiger partial charge in [-0.1, -0.05) is 41.4 Å². The van der Waals surface area contributed by atoms with Crippen LogP contribution in [0.15, 0.2) is 53.6 Å². The van der Waals surface area contributed by atoms with E-state index in [0.29, 0.717) is 5.02 Å². The first-order valence-electron chi connectivity index (χ1n) is 6.51. The van der Waals surface area contributed by atoms with Crippen LogP contribution in [0.2, 0.25) is 5.02 Å². The highest BCUT2D eigenvalue weighted by Gasteiger charge is 1.99. The number of carbonyl (C=O) groups is 1. The molecule has 1 amide bonds. The van der Waals surface area contributed by atoms with Crippen molar-refractivity contribution in [3.63, 3.8) is 0 Å². The van der Waals surface area contributed by atoms with Crippen molar-refractivity contribution in [2.24, 2.45) is 5.10 Å². The molecule has 0 unspecified atom stereocenters. The Balaban J connectivity index is 1.77. The number of hydrogen-bond acceptors (Lipinski definition) is 3. The summed E-state index contributed by atoms with van der Waals surface area (Å²) in [5.74, 6) is -0.215. The smallest absolute Gasteiger partial charge is 0.259 e. The zero-order valence-corrected chi connectivity index (χ0v) is 12.4. The number of nitrogens with one attached hydrogen (secondary N) is 2. The lowest BCUT2D eigenvalue weighted by atomic mass is 10.2. The van der Waals surface area contributed by atoms with Gasteiger partial charge in [-0.05, 0) is 36.8 Å². The molecule has 0 atom stereocenters. The minimum Gasteiger partial charge on any atom is -0.376 e. The molecule has 0 fully saturated rings. The van der Waals surface area contributed by atoms with E-state index in [1.807, 2.05) is 43.3 Å². The molecule has 5 heteroatoms. The molecular weight excluding hydrogens is 286 g/mol. The van der Waals surface area contributed by atoms with E-state index in [1.54, 1.807) is 18.3 Å². The third kappa shape index (κ3) is 5.28. The van der Waals surface area contributed by atoms with Crippen LogP contribution in [0.25, 0.3) is 0 Å². The molecular formula is C16H16ClN3O. The molecule has 0 aliphatic carbocycles. The van der Waals surface area contributed by atoms with Gasteiger partial charge in [0.1, 0.15) is 0 Å². The number of nitrogens with zero attached hydrogens (tertiary/aromatic N) is 1. The highest BCUT2D eigenvalue weighted by atomic mass is 35.5. The van der Waals surface area contributed by atoms with E-state index in [-0.39, 0.29) is 12.5 Å². The maximum absolute atomic E-state index is 11.6. The summed E-state index contributed by atoms with van der Waals surface area (Å²) < 4.78 is 0. The summed E-state index contributed by atoms with van der Waals surface area (Å²) in [6.45, 7) is 2.16. The van der Waals surface area contributed by atoms with Crippen LogP contribution < -0.4 is 10.7 Å². The third-order valence-electron chi connectivity index (χ3n) is 2.78. The van der Waals surface area contributed by atoms with Crippen LogP contribution in [0.3, 0.4) is 0 Å². The van der Waals surface area contributed by atoms with E-state index in [4.69, 9.17) is 11.6 Å². The number of carbonyl (C=O) groups excluding carboxylic acids is 1. The fourth-order valence-corrected chi connectivity index (χ4v) is 1.75. The summed E-state index contributed by atoms with van der Waals surface area (Å²) in [4.78, 5) is 11.6. The Kier molecular flexibility index (Phi) is 5.35. The van der Waals surface area contributed by atoms with Gasteiger partial charge in [-0.2, -0.15) is 5.10 Å². The van der Waals surface area contributed by atoms with Crippen molar-refractivity contribution in [2.45, 2.75) is 6.92 Å². The van der Waals surface area contributed by atoms with Gasteiger partial charge in [-0.15, -0.1) is 0 Å². The quantitative estimate of drug-likeness (QED) is 0.658. The van der Waals surface area contributed by atoms with Crippen molar-refractivity contribution in [1.82, 2.24) is 5.43 Å². The molecule has 0 bridgehead atoms. The van der Waals surface area contributed by atoms with Crippen molar-refractivity contribution in [3.05, 3.63) is 64.7 Å². The van der Waals surface area contributed by atoms with Gasteiger partial charge in [-0.3, -0.25) is 4.79 Å². The molecule has 0 aliphatic heterocycles. The van der Waals surface area contributed by atoms with Gasteiger partial charge < -0.3 is 5.32 Å². The predicted molar refractivity (Wildman–Crippen MR) is 86.9 cm³/mol. The number of hydrazone groups is 1. The Hall–Kier alpha value is -2.33. The maximum atomic E-state index is 11.6. The fourth-order valence-electron chi connectivity index (χ4n) is 1.62. The van der Waals surface area contributed by atoms with Crippen LogP contribution in [-0.2, 0) is 4.79 Å². The molecule has 2 rings (SSSR count). The summed E-state index contributed by atoms with van der Waals surface area (Å²) in [7, 11) is 0. The number of benzene rings is 2. The van der Waals surface area contributed by atoms with Crippen molar-refractivity contribution in [3.8, 4) is 0 Å². The van der Waals surface area contributed by atoms with Gasteiger partial charge in [-0.25, -0.2) is 5.43 Å². The first kappa shape index (κ1) is 15.1. The topological polar surface area (TPSA) is 53.5 Å². The summed E-state index contributed by atoms with van der Waals surface area (Å²) in [6, 6.07) is 15.0. The van der Waals surface area contributed by atoms with Crippen LogP contribution in [0.1, 0.15) is 11.1 Å². The number of hydrogen-bond donors (Lipinski definition) is 2. The highest BCUT2D eigenvalue weighted by Crippen LogP contribution is 2.12. The molecule has 0 saturated heterocycles. The van der Waals surface area contributed by atoms with E-state index < -0.39 is 0 Å². The van der Waals surface area contributed by atoms with E-state index in [1.165, 1.54) is 5.56 Å². The average Bonchev–Trinajstić information content (AvgIpc) is 2.49. The van der Waals surface area contributed by atoms with Crippen LogP contribution >= 0.6 is 11.6 Å². The first-order chi connectivity index (χ1) is 10.1. The molecule has 2 N–H and O–H groups in total. The maximum Gasteiger partial charge on any atom is 0.259 e. The lowest BCUT2D eigenvalue weighted by molar-refractivity contribution is -0.119.